The first kappa shape index (κ1) is 16.7. The van der Waals surface area contributed by atoms with E-state index < -0.39 is 10.0 Å². The van der Waals surface area contributed by atoms with Crippen molar-refractivity contribution in [1.29, 1.82) is 0 Å². The number of pyridine rings is 1. The van der Waals surface area contributed by atoms with Gasteiger partial charge in [0, 0.05) is 17.2 Å². The van der Waals surface area contributed by atoms with E-state index in [4.69, 9.17) is 5.73 Å². The van der Waals surface area contributed by atoms with Crippen LogP contribution in [0, 0.1) is 5.92 Å². The van der Waals surface area contributed by atoms with E-state index in [-0.39, 0.29) is 10.7 Å². The second kappa shape index (κ2) is 7.04. The number of nitrogens with two attached hydrogens (primary N) is 1. The summed E-state index contributed by atoms with van der Waals surface area (Å²) in [7, 11) is -3.61. The lowest BCUT2D eigenvalue weighted by Gasteiger charge is -2.31. The zero-order chi connectivity index (χ0) is 15.5. The number of piperidine rings is 1. The van der Waals surface area contributed by atoms with Crippen molar-refractivity contribution in [3.8, 4) is 0 Å². The lowest BCUT2D eigenvalue weighted by Crippen LogP contribution is -2.38. The molecule has 6 nitrogen and oxygen atoms in total. The van der Waals surface area contributed by atoms with Gasteiger partial charge in [-0.1, -0.05) is 6.92 Å². The van der Waals surface area contributed by atoms with Crippen LogP contribution in [0.2, 0.25) is 0 Å². The highest BCUT2D eigenvalue weighted by molar-refractivity contribution is 9.10. The van der Waals surface area contributed by atoms with Crippen molar-refractivity contribution in [2.75, 3.05) is 31.9 Å². The summed E-state index contributed by atoms with van der Waals surface area (Å²) in [6.07, 6.45) is 3.51. The molecule has 0 radical (unpaired) electrons. The van der Waals surface area contributed by atoms with E-state index in [0.717, 1.165) is 32.5 Å². The molecule has 1 aromatic rings. The molecule has 0 spiro atoms. The molecule has 21 heavy (non-hydrogen) atoms. The van der Waals surface area contributed by atoms with Crippen LogP contribution in [-0.4, -0.2) is 44.5 Å². The van der Waals surface area contributed by atoms with Gasteiger partial charge in [0.1, 0.15) is 10.7 Å². The van der Waals surface area contributed by atoms with Gasteiger partial charge in [-0.3, -0.25) is 0 Å². The molecule has 0 aliphatic carbocycles. The Labute approximate surface area is 134 Å². The maximum absolute atomic E-state index is 12.3. The van der Waals surface area contributed by atoms with Crippen LogP contribution >= 0.6 is 15.9 Å². The fourth-order valence-electron chi connectivity index (χ4n) is 2.46. The molecule has 1 fully saturated rings. The molecule has 0 unspecified atom stereocenters. The lowest BCUT2D eigenvalue weighted by molar-refractivity contribution is 0.194. The minimum absolute atomic E-state index is 0.0199. The number of nitrogens with zero attached hydrogens (tertiary/aromatic N) is 2. The summed E-state index contributed by atoms with van der Waals surface area (Å²) in [6.45, 7) is 5.71. The van der Waals surface area contributed by atoms with E-state index in [2.05, 4.69) is 37.5 Å². The van der Waals surface area contributed by atoms with Crippen molar-refractivity contribution in [3.05, 3.63) is 16.7 Å². The fourth-order valence-corrected chi connectivity index (χ4v) is 4.16. The summed E-state index contributed by atoms with van der Waals surface area (Å²) in [6, 6.07) is 1.48. The topological polar surface area (TPSA) is 88.3 Å². The van der Waals surface area contributed by atoms with Crippen molar-refractivity contribution >= 4 is 31.8 Å². The number of nitrogens with one attached hydrogen (secondary N) is 1. The Morgan fingerprint density at radius 1 is 1.48 bits per heavy atom. The summed E-state index contributed by atoms with van der Waals surface area (Å²) in [4.78, 5) is 6.27. The van der Waals surface area contributed by atoms with Gasteiger partial charge in [-0.15, -0.1) is 0 Å². The molecular formula is C13H21BrN4O2S. The van der Waals surface area contributed by atoms with Crippen LogP contribution in [-0.2, 0) is 10.0 Å². The van der Waals surface area contributed by atoms with Gasteiger partial charge in [0.15, 0.2) is 0 Å². The molecule has 0 bridgehead atoms. The molecule has 1 aliphatic rings. The van der Waals surface area contributed by atoms with E-state index in [1.165, 1.54) is 12.3 Å². The first-order valence-corrected chi connectivity index (χ1v) is 9.33. The van der Waals surface area contributed by atoms with Gasteiger partial charge in [0.2, 0.25) is 10.0 Å². The Bertz CT molecular complexity index is 586. The van der Waals surface area contributed by atoms with Crippen molar-refractivity contribution in [1.82, 2.24) is 14.6 Å². The number of rotatable bonds is 5. The summed E-state index contributed by atoms with van der Waals surface area (Å²) in [5.74, 6) is 0.399. The second-order valence-corrected chi connectivity index (χ2v) is 7.92. The van der Waals surface area contributed by atoms with Crippen LogP contribution in [0.4, 0.5) is 5.82 Å². The molecule has 0 aromatic carbocycles. The Morgan fingerprint density at radius 2 is 2.14 bits per heavy atom. The maximum Gasteiger partial charge on any atom is 0.244 e. The smallest absolute Gasteiger partial charge is 0.244 e. The standard InChI is InChI=1S/C13H21BrN4O2S/c1-2-18-5-3-10(4-6-18)8-17-21(19,20)12-7-11(14)9-16-13(12)15/h7,9-10,17H,2-6,8H2,1H3,(H2,15,16). The number of hydrogen-bond donors (Lipinski definition) is 2. The number of halogens is 1. The van der Waals surface area contributed by atoms with Crippen molar-refractivity contribution in [2.24, 2.45) is 5.92 Å². The number of anilines is 1. The number of nitrogen functional groups attached to an aromatic ring is 1. The van der Waals surface area contributed by atoms with Crippen LogP contribution in [0.25, 0.3) is 0 Å². The average molecular weight is 377 g/mol. The van der Waals surface area contributed by atoms with Crippen molar-refractivity contribution in [3.63, 3.8) is 0 Å². The molecule has 0 amide bonds. The van der Waals surface area contributed by atoms with Crippen LogP contribution in [0.5, 0.6) is 0 Å². The van der Waals surface area contributed by atoms with E-state index in [0.29, 0.717) is 16.9 Å². The van der Waals surface area contributed by atoms with E-state index in [1.807, 2.05) is 0 Å². The molecule has 118 valence electrons. The van der Waals surface area contributed by atoms with Gasteiger partial charge in [-0.05, 0) is 60.4 Å². The molecule has 1 aromatic heterocycles. The molecule has 1 aliphatic heterocycles. The van der Waals surface area contributed by atoms with Gasteiger partial charge in [0.25, 0.3) is 0 Å². The monoisotopic (exact) mass is 376 g/mol. The molecule has 2 heterocycles. The molecule has 1 saturated heterocycles. The Hall–Kier alpha value is -0.700. The highest BCUT2D eigenvalue weighted by Crippen LogP contribution is 2.21. The summed E-state index contributed by atoms with van der Waals surface area (Å²) in [5, 5.41) is 0. The Morgan fingerprint density at radius 3 is 2.76 bits per heavy atom. The summed E-state index contributed by atoms with van der Waals surface area (Å²) < 4.78 is 27.9. The molecule has 2 rings (SSSR count). The lowest BCUT2D eigenvalue weighted by atomic mass is 9.97. The number of hydrogen-bond acceptors (Lipinski definition) is 5. The maximum atomic E-state index is 12.3. The number of sulfonamides is 1. The second-order valence-electron chi connectivity index (χ2n) is 5.27. The van der Waals surface area contributed by atoms with Gasteiger partial charge in [0.05, 0.1) is 0 Å². The third-order valence-corrected chi connectivity index (χ3v) is 5.74. The van der Waals surface area contributed by atoms with Gasteiger partial charge in [-0.2, -0.15) is 0 Å². The summed E-state index contributed by atoms with van der Waals surface area (Å²) >= 11 is 3.22. The zero-order valence-electron chi connectivity index (χ0n) is 12.0. The van der Waals surface area contributed by atoms with Gasteiger partial charge < -0.3 is 10.6 Å². The normalized spacial score (nSPS) is 18.0. The molecule has 0 saturated carbocycles. The van der Waals surface area contributed by atoms with Crippen molar-refractivity contribution in [2.45, 2.75) is 24.7 Å². The fraction of sp³-hybridized carbons (Fsp3) is 0.615. The van der Waals surface area contributed by atoms with Crippen LogP contribution in [0.3, 0.4) is 0 Å². The molecular weight excluding hydrogens is 356 g/mol. The van der Waals surface area contributed by atoms with E-state index >= 15 is 0 Å². The predicted octanol–water partition coefficient (Wildman–Crippen LogP) is 1.44. The summed E-state index contributed by atoms with van der Waals surface area (Å²) in [5.41, 5.74) is 5.66. The third kappa shape index (κ3) is 4.38. The van der Waals surface area contributed by atoms with Gasteiger partial charge >= 0.3 is 0 Å². The van der Waals surface area contributed by atoms with Crippen LogP contribution < -0.4 is 10.5 Å². The van der Waals surface area contributed by atoms with Gasteiger partial charge in [-0.25, -0.2) is 18.1 Å². The highest BCUT2D eigenvalue weighted by atomic mass is 79.9. The van der Waals surface area contributed by atoms with E-state index in [9.17, 15) is 8.42 Å². The quantitative estimate of drug-likeness (QED) is 0.811. The predicted molar refractivity (Wildman–Crippen MR) is 86.4 cm³/mol. The molecule has 3 N–H and O–H groups in total. The first-order chi connectivity index (χ1) is 9.92. The van der Waals surface area contributed by atoms with Crippen LogP contribution in [0.15, 0.2) is 21.6 Å². The number of likely N-dealkylation sites (tertiary alicyclic amines) is 1. The third-order valence-electron chi connectivity index (χ3n) is 3.85. The Kier molecular flexibility index (Phi) is 5.59. The molecule has 0 atom stereocenters. The van der Waals surface area contributed by atoms with Crippen LogP contribution in [0.1, 0.15) is 19.8 Å². The minimum Gasteiger partial charge on any atom is -0.383 e. The zero-order valence-corrected chi connectivity index (χ0v) is 14.5. The van der Waals surface area contributed by atoms with E-state index in [1.54, 1.807) is 0 Å². The first-order valence-electron chi connectivity index (χ1n) is 7.05. The largest absolute Gasteiger partial charge is 0.383 e. The average Bonchev–Trinajstić information content (AvgIpc) is 2.48. The minimum atomic E-state index is -3.61. The Balaban J connectivity index is 1.97. The molecule has 8 heteroatoms. The van der Waals surface area contributed by atoms with Crippen molar-refractivity contribution < 1.29 is 8.42 Å². The number of aromatic nitrogens is 1. The highest BCUT2D eigenvalue weighted by Gasteiger charge is 2.23. The SMILES string of the molecule is CCN1CCC(CNS(=O)(=O)c2cc(Br)cnc2N)CC1.